The second kappa shape index (κ2) is 7.69. The first-order chi connectivity index (χ1) is 15.1. The van der Waals surface area contributed by atoms with Gasteiger partial charge in [-0.2, -0.15) is 9.50 Å². The normalized spacial score (nSPS) is 12.0. The van der Waals surface area contributed by atoms with Crippen LogP contribution in [0, 0.1) is 0 Å². The first-order valence-corrected chi connectivity index (χ1v) is 10.3. The molecule has 4 aromatic heterocycles. The number of esters is 1. The van der Waals surface area contributed by atoms with Gasteiger partial charge in [0.25, 0.3) is 5.56 Å². The Kier molecular flexibility index (Phi) is 4.72. The highest BCUT2D eigenvalue weighted by atomic mass is 32.1. The van der Waals surface area contributed by atoms with Crippen LogP contribution in [0.5, 0.6) is 0 Å². The van der Waals surface area contributed by atoms with E-state index in [9.17, 15) is 9.59 Å². The van der Waals surface area contributed by atoms with Gasteiger partial charge in [-0.25, -0.2) is 4.79 Å². The summed E-state index contributed by atoms with van der Waals surface area (Å²) in [6, 6.07) is 14.0. The van der Waals surface area contributed by atoms with Crippen molar-refractivity contribution in [3.05, 3.63) is 81.0 Å². The smallest absolute Gasteiger partial charge is 0.338 e. The zero-order valence-corrected chi connectivity index (χ0v) is 17.1. The van der Waals surface area contributed by atoms with Crippen LogP contribution < -0.4 is 10.1 Å². The van der Waals surface area contributed by atoms with Crippen molar-refractivity contribution < 1.29 is 18.4 Å². The van der Waals surface area contributed by atoms with E-state index < -0.39 is 0 Å². The average Bonchev–Trinajstić information content (AvgIpc) is 3.56. The molecule has 0 aliphatic rings. The summed E-state index contributed by atoms with van der Waals surface area (Å²) in [4.78, 5) is 29.3. The van der Waals surface area contributed by atoms with E-state index in [2.05, 4.69) is 10.1 Å². The summed E-state index contributed by atoms with van der Waals surface area (Å²) in [5.74, 6) is 1.65. The van der Waals surface area contributed by atoms with Gasteiger partial charge in [-0.3, -0.25) is 4.79 Å². The number of hydrogen-bond acceptors (Lipinski definition) is 8. The number of carbonyl (C=O) groups excluding carboxylic acids is 1. The zero-order chi connectivity index (χ0) is 21.4. The number of fused-ring (bicyclic) bond motifs is 1. The van der Waals surface area contributed by atoms with Gasteiger partial charge in [-0.15, -0.1) is 5.10 Å². The third-order valence-electron chi connectivity index (χ3n) is 4.50. The van der Waals surface area contributed by atoms with Crippen LogP contribution in [0.25, 0.3) is 33.9 Å². The number of aromatic nitrogens is 3. The maximum atomic E-state index is 12.7. The molecular formula is C22H15N3O5S. The van der Waals surface area contributed by atoms with Crippen LogP contribution in [-0.2, 0) is 4.74 Å². The van der Waals surface area contributed by atoms with Crippen molar-refractivity contribution in [3.63, 3.8) is 0 Å². The quantitative estimate of drug-likeness (QED) is 0.392. The Hall–Kier alpha value is -3.98. The molecule has 0 aliphatic heterocycles. The van der Waals surface area contributed by atoms with E-state index >= 15 is 0 Å². The molecule has 0 amide bonds. The molecule has 4 heterocycles. The van der Waals surface area contributed by atoms with Crippen molar-refractivity contribution in [1.82, 2.24) is 14.6 Å². The Morgan fingerprint density at radius 1 is 1.16 bits per heavy atom. The molecule has 5 rings (SSSR count). The molecule has 0 saturated heterocycles. The minimum atomic E-state index is -0.364. The number of ether oxygens (including phenoxy) is 1. The average molecular weight is 433 g/mol. The van der Waals surface area contributed by atoms with Gasteiger partial charge < -0.3 is 13.6 Å². The summed E-state index contributed by atoms with van der Waals surface area (Å²) in [6.45, 7) is 2.09. The number of hydrogen-bond donors (Lipinski definition) is 0. The van der Waals surface area contributed by atoms with E-state index in [1.165, 1.54) is 22.1 Å². The first-order valence-electron chi connectivity index (χ1n) is 9.45. The van der Waals surface area contributed by atoms with Crippen LogP contribution in [0.1, 0.15) is 23.0 Å². The molecule has 0 radical (unpaired) electrons. The lowest BCUT2D eigenvalue weighted by atomic mass is 10.1. The van der Waals surface area contributed by atoms with Gasteiger partial charge >= 0.3 is 5.97 Å². The van der Waals surface area contributed by atoms with E-state index in [1.54, 1.807) is 55.5 Å². The molecule has 0 aliphatic carbocycles. The number of rotatable bonds is 5. The van der Waals surface area contributed by atoms with E-state index in [0.29, 0.717) is 44.8 Å². The molecule has 0 atom stereocenters. The monoisotopic (exact) mass is 433 g/mol. The van der Waals surface area contributed by atoms with Gasteiger partial charge in [0.15, 0.2) is 5.76 Å². The molecule has 8 nitrogen and oxygen atoms in total. The van der Waals surface area contributed by atoms with E-state index in [1.807, 2.05) is 6.07 Å². The number of nitrogens with zero attached hydrogens (tertiary/aromatic N) is 3. The Morgan fingerprint density at radius 2 is 2.00 bits per heavy atom. The molecule has 0 N–H and O–H groups in total. The zero-order valence-electron chi connectivity index (χ0n) is 16.3. The Labute approximate surface area is 179 Å². The van der Waals surface area contributed by atoms with Crippen molar-refractivity contribution >= 4 is 28.3 Å². The van der Waals surface area contributed by atoms with Crippen molar-refractivity contribution in [1.29, 1.82) is 0 Å². The fourth-order valence-corrected chi connectivity index (χ4v) is 3.93. The predicted molar refractivity (Wildman–Crippen MR) is 114 cm³/mol. The van der Waals surface area contributed by atoms with Gasteiger partial charge in [0.1, 0.15) is 16.1 Å². The molecule has 5 aromatic rings. The number of thiazole rings is 1. The highest BCUT2D eigenvalue weighted by Crippen LogP contribution is 2.23. The lowest BCUT2D eigenvalue weighted by molar-refractivity contribution is 0.0526. The van der Waals surface area contributed by atoms with Crippen molar-refractivity contribution in [2.45, 2.75) is 6.92 Å². The van der Waals surface area contributed by atoms with Crippen LogP contribution in [-0.4, -0.2) is 27.2 Å². The maximum absolute atomic E-state index is 12.7. The summed E-state index contributed by atoms with van der Waals surface area (Å²) in [7, 11) is 0. The predicted octanol–water partition coefficient (Wildman–Crippen LogP) is 3.40. The van der Waals surface area contributed by atoms with Gasteiger partial charge in [-0.1, -0.05) is 23.5 Å². The van der Waals surface area contributed by atoms with E-state index in [4.69, 9.17) is 13.6 Å². The topological polar surface area (TPSA) is 99.8 Å². The Morgan fingerprint density at radius 3 is 2.71 bits per heavy atom. The lowest BCUT2D eigenvalue weighted by Crippen LogP contribution is -2.23. The van der Waals surface area contributed by atoms with Crippen molar-refractivity contribution in [3.8, 4) is 22.9 Å². The van der Waals surface area contributed by atoms with Crippen LogP contribution in [0.2, 0.25) is 0 Å². The molecule has 154 valence electrons. The maximum Gasteiger partial charge on any atom is 0.338 e. The number of furan rings is 2. The molecule has 1 aromatic carbocycles. The van der Waals surface area contributed by atoms with Gasteiger partial charge in [0, 0.05) is 11.6 Å². The molecule has 0 spiro atoms. The van der Waals surface area contributed by atoms with Crippen LogP contribution in [0.15, 0.2) is 68.4 Å². The Balaban J connectivity index is 1.43. The summed E-state index contributed by atoms with van der Waals surface area (Å²) in [5.41, 5.74) is 1.01. The van der Waals surface area contributed by atoms with E-state index in [0.717, 1.165) is 5.56 Å². The molecular weight excluding hydrogens is 418 g/mol. The minimum absolute atomic E-state index is 0.276. The van der Waals surface area contributed by atoms with Crippen LogP contribution in [0.3, 0.4) is 0 Å². The molecule has 0 saturated carbocycles. The standard InChI is InChI=1S/C22H15N3O5S/c1-2-28-21(27)14-7-5-13(6-8-14)16-10-9-15(30-16)12-18-20(26)25-22(31-18)23-19(24-25)17-4-3-11-29-17/h3-12H,2H2,1H3/b18-12-. The fraction of sp³-hybridized carbons (Fsp3) is 0.0909. The van der Waals surface area contributed by atoms with E-state index in [-0.39, 0.29) is 11.5 Å². The number of carbonyl (C=O) groups is 1. The molecule has 0 bridgehead atoms. The van der Waals surface area contributed by atoms with Crippen molar-refractivity contribution in [2.24, 2.45) is 0 Å². The van der Waals surface area contributed by atoms with Gasteiger partial charge in [-0.05, 0) is 43.3 Å². The van der Waals surface area contributed by atoms with Crippen LogP contribution in [0.4, 0.5) is 0 Å². The summed E-state index contributed by atoms with van der Waals surface area (Å²) >= 11 is 1.22. The summed E-state index contributed by atoms with van der Waals surface area (Å²) in [5, 5.41) is 4.23. The summed E-state index contributed by atoms with van der Waals surface area (Å²) < 4.78 is 17.8. The molecule has 0 unspecified atom stereocenters. The molecule has 0 fully saturated rings. The number of benzene rings is 1. The molecule has 31 heavy (non-hydrogen) atoms. The SMILES string of the molecule is CCOC(=O)c1ccc(-c2ccc(/C=c3\sc4nc(-c5ccco5)nn4c3=O)o2)cc1. The first kappa shape index (κ1) is 19.0. The van der Waals surface area contributed by atoms with Crippen LogP contribution >= 0.6 is 11.3 Å². The highest BCUT2D eigenvalue weighted by Gasteiger charge is 2.14. The summed E-state index contributed by atoms with van der Waals surface area (Å²) in [6.07, 6.45) is 3.19. The third kappa shape index (κ3) is 3.55. The van der Waals surface area contributed by atoms with Gasteiger partial charge in [0.05, 0.1) is 18.4 Å². The minimum Gasteiger partial charge on any atom is -0.462 e. The Bertz CT molecular complexity index is 1480. The molecule has 9 heteroatoms. The third-order valence-corrected chi connectivity index (χ3v) is 5.46. The van der Waals surface area contributed by atoms with Gasteiger partial charge in [0.2, 0.25) is 10.8 Å². The fourth-order valence-electron chi connectivity index (χ4n) is 3.04. The second-order valence-corrected chi connectivity index (χ2v) is 7.53. The lowest BCUT2D eigenvalue weighted by Gasteiger charge is -2.02. The van der Waals surface area contributed by atoms with Crippen molar-refractivity contribution in [2.75, 3.05) is 6.61 Å². The largest absolute Gasteiger partial charge is 0.462 e. The highest BCUT2D eigenvalue weighted by molar-refractivity contribution is 7.15. The second-order valence-electron chi connectivity index (χ2n) is 6.52.